The SMILES string of the molecule is C[C@H]1[C@H](NC(=O)C(NC(=O)c2c[nH]c3cccnc3c2=O)c2ccccc2)C(=O)N1OCC(=O)O. The monoisotopic (exact) mass is 479 g/mol. The van der Waals surface area contributed by atoms with E-state index in [1.165, 1.54) is 12.4 Å². The van der Waals surface area contributed by atoms with Crippen LogP contribution in [-0.4, -0.2) is 62.5 Å². The molecule has 180 valence electrons. The summed E-state index contributed by atoms with van der Waals surface area (Å²) in [6.07, 6.45) is 2.68. The normalized spacial score (nSPS) is 18.0. The van der Waals surface area contributed by atoms with Crippen LogP contribution >= 0.6 is 0 Å². The third-order valence-electron chi connectivity index (χ3n) is 5.52. The van der Waals surface area contributed by atoms with Crippen LogP contribution in [0.2, 0.25) is 0 Å². The smallest absolute Gasteiger partial charge is 0.332 e. The number of nitrogens with one attached hydrogen (secondary N) is 3. The van der Waals surface area contributed by atoms with Gasteiger partial charge in [0.15, 0.2) is 6.61 Å². The van der Waals surface area contributed by atoms with Crippen LogP contribution in [0.3, 0.4) is 0 Å². The van der Waals surface area contributed by atoms with Gasteiger partial charge < -0.3 is 20.7 Å². The number of carbonyl (C=O) groups is 4. The van der Waals surface area contributed by atoms with Gasteiger partial charge in [0.2, 0.25) is 11.3 Å². The zero-order valence-corrected chi connectivity index (χ0v) is 18.4. The quantitative estimate of drug-likeness (QED) is 0.330. The lowest BCUT2D eigenvalue weighted by Crippen LogP contribution is -2.70. The molecule has 0 spiro atoms. The van der Waals surface area contributed by atoms with Crippen LogP contribution < -0.4 is 16.1 Å². The fourth-order valence-electron chi connectivity index (χ4n) is 3.69. The van der Waals surface area contributed by atoms with Gasteiger partial charge in [-0.25, -0.2) is 9.86 Å². The van der Waals surface area contributed by atoms with Gasteiger partial charge in [0, 0.05) is 12.4 Å². The Morgan fingerprint density at radius 1 is 1.17 bits per heavy atom. The van der Waals surface area contributed by atoms with Crippen molar-refractivity contribution >= 4 is 34.7 Å². The maximum Gasteiger partial charge on any atom is 0.332 e. The first kappa shape index (κ1) is 23.6. The average Bonchev–Trinajstić information content (AvgIpc) is 2.86. The van der Waals surface area contributed by atoms with E-state index in [0.717, 1.165) is 5.06 Å². The second kappa shape index (κ2) is 9.73. The number of β-lactam (4-membered cyclic amide) rings is 1. The minimum atomic E-state index is -1.25. The number of aromatic amines is 1. The lowest BCUT2D eigenvalue weighted by Gasteiger charge is -2.43. The van der Waals surface area contributed by atoms with Crippen LogP contribution in [0.25, 0.3) is 11.0 Å². The molecule has 0 radical (unpaired) electrons. The van der Waals surface area contributed by atoms with E-state index in [-0.39, 0.29) is 11.1 Å². The highest BCUT2D eigenvalue weighted by molar-refractivity contribution is 6.00. The standard InChI is InChI=1S/C23H21N5O7/c1-12-17(23(34)28(12)35-11-16(29)30)26-22(33)18(13-6-3-2-4-7-13)27-21(32)14-10-25-15-8-5-9-24-19(15)20(14)31/h2-10,12,17-18H,11H2,1H3,(H,25,31)(H,26,33)(H,27,32)(H,29,30)/t12-,17-,18?/m0/s1. The van der Waals surface area contributed by atoms with Crippen molar-refractivity contribution in [2.24, 2.45) is 0 Å². The lowest BCUT2D eigenvalue weighted by atomic mass is 9.98. The molecule has 1 aliphatic rings. The Morgan fingerprint density at radius 3 is 2.60 bits per heavy atom. The van der Waals surface area contributed by atoms with Gasteiger partial charge in [-0.3, -0.25) is 29.0 Å². The summed E-state index contributed by atoms with van der Waals surface area (Å²) in [5.74, 6) is -3.37. The molecule has 0 aliphatic carbocycles. The summed E-state index contributed by atoms with van der Waals surface area (Å²) in [5, 5.41) is 14.7. The number of fused-ring (bicyclic) bond motifs is 1. The molecule has 1 aliphatic heterocycles. The number of carboxylic acids is 1. The lowest BCUT2D eigenvalue weighted by molar-refractivity contribution is -0.233. The van der Waals surface area contributed by atoms with Crippen molar-refractivity contribution in [3.63, 3.8) is 0 Å². The Balaban J connectivity index is 1.54. The average molecular weight is 479 g/mol. The summed E-state index contributed by atoms with van der Waals surface area (Å²) in [5.41, 5.74) is 0.131. The Bertz CT molecular complexity index is 1360. The Kier molecular flexibility index (Phi) is 6.55. The molecule has 12 nitrogen and oxygen atoms in total. The van der Waals surface area contributed by atoms with E-state index in [4.69, 9.17) is 9.94 Å². The zero-order chi connectivity index (χ0) is 25.1. The van der Waals surface area contributed by atoms with Crippen molar-refractivity contribution in [3.05, 3.63) is 76.2 Å². The summed E-state index contributed by atoms with van der Waals surface area (Å²) >= 11 is 0. The number of hydrogen-bond acceptors (Lipinski definition) is 7. The van der Waals surface area contributed by atoms with E-state index in [1.807, 2.05) is 0 Å². The van der Waals surface area contributed by atoms with Gasteiger partial charge in [-0.1, -0.05) is 30.3 Å². The Labute approximate surface area is 197 Å². The highest BCUT2D eigenvalue weighted by atomic mass is 16.7. The molecule has 0 saturated carbocycles. The summed E-state index contributed by atoms with van der Waals surface area (Å²) in [7, 11) is 0. The van der Waals surface area contributed by atoms with Crippen LogP contribution in [0.1, 0.15) is 28.9 Å². The zero-order valence-electron chi connectivity index (χ0n) is 18.4. The maximum absolute atomic E-state index is 13.1. The molecule has 35 heavy (non-hydrogen) atoms. The van der Waals surface area contributed by atoms with Crippen LogP contribution in [0, 0.1) is 0 Å². The molecule has 4 rings (SSSR count). The number of pyridine rings is 2. The third-order valence-corrected chi connectivity index (χ3v) is 5.52. The van der Waals surface area contributed by atoms with Crippen molar-refractivity contribution in [2.75, 3.05) is 6.61 Å². The molecule has 3 aromatic rings. The second-order valence-electron chi connectivity index (χ2n) is 7.81. The van der Waals surface area contributed by atoms with Gasteiger partial charge >= 0.3 is 5.97 Å². The van der Waals surface area contributed by atoms with E-state index in [1.54, 1.807) is 49.4 Å². The van der Waals surface area contributed by atoms with Gasteiger partial charge in [-0.05, 0) is 24.6 Å². The van der Waals surface area contributed by atoms with Crippen molar-refractivity contribution < 1.29 is 29.1 Å². The molecule has 1 aromatic carbocycles. The van der Waals surface area contributed by atoms with Crippen molar-refractivity contribution in [1.29, 1.82) is 0 Å². The second-order valence-corrected chi connectivity index (χ2v) is 7.81. The van der Waals surface area contributed by atoms with E-state index in [2.05, 4.69) is 20.6 Å². The predicted octanol–water partition coefficient (Wildman–Crippen LogP) is 0.126. The molecule has 4 N–H and O–H groups in total. The number of carbonyl (C=O) groups excluding carboxylic acids is 3. The summed E-state index contributed by atoms with van der Waals surface area (Å²) in [6.45, 7) is 0.876. The van der Waals surface area contributed by atoms with E-state index in [0.29, 0.717) is 11.1 Å². The molecule has 3 atom stereocenters. The maximum atomic E-state index is 13.1. The van der Waals surface area contributed by atoms with E-state index in [9.17, 15) is 24.0 Å². The molecule has 0 bridgehead atoms. The largest absolute Gasteiger partial charge is 0.479 e. The number of amides is 3. The van der Waals surface area contributed by atoms with Crippen LogP contribution in [-0.2, 0) is 19.2 Å². The highest BCUT2D eigenvalue weighted by Crippen LogP contribution is 2.22. The first-order valence-electron chi connectivity index (χ1n) is 10.6. The number of hydrogen-bond donors (Lipinski definition) is 4. The topological polar surface area (TPSA) is 171 Å². The summed E-state index contributed by atoms with van der Waals surface area (Å²) in [6, 6.07) is 8.76. The van der Waals surface area contributed by atoms with Crippen LogP contribution in [0.5, 0.6) is 0 Å². The molecule has 3 amide bonds. The molecule has 1 fully saturated rings. The third kappa shape index (κ3) is 4.73. The molecule has 3 heterocycles. The number of rotatable bonds is 8. The van der Waals surface area contributed by atoms with Crippen molar-refractivity contribution in [1.82, 2.24) is 25.7 Å². The van der Waals surface area contributed by atoms with Gasteiger partial charge in [0.1, 0.15) is 23.2 Å². The summed E-state index contributed by atoms with van der Waals surface area (Å²) < 4.78 is 0. The first-order chi connectivity index (χ1) is 16.8. The van der Waals surface area contributed by atoms with Crippen molar-refractivity contribution in [2.45, 2.75) is 25.0 Å². The highest BCUT2D eigenvalue weighted by Gasteiger charge is 2.47. The molecule has 12 heteroatoms. The summed E-state index contributed by atoms with van der Waals surface area (Å²) in [4.78, 5) is 73.7. The minimum Gasteiger partial charge on any atom is -0.479 e. The molecule has 2 aromatic heterocycles. The fourth-order valence-corrected chi connectivity index (χ4v) is 3.69. The Hall–Kier alpha value is -4.58. The van der Waals surface area contributed by atoms with Gasteiger partial charge in [0.25, 0.3) is 11.8 Å². The van der Waals surface area contributed by atoms with Crippen LogP contribution in [0.15, 0.2) is 59.7 Å². The van der Waals surface area contributed by atoms with Gasteiger partial charge in [-0.2, -0.15) is 0 Å². The number of nitrogens with zero attached hydrogens (tertiary/aromatic N) is 2. The molecule has 1 unspecified atom stereocenters. The predicted molar refractivity (Wildman–Crippen MR) is 121 cm³/mol. The van der Waals surface area contributed by atoms with Crippen LogP contribution in [0.4, 0.5) is 0 Å². The number of benzene rings is 1. The number of aliphatic carboxylic acids is 1. The number of H-pyrrole nitrogens is 1. The van der Waals surface area contributed by atoms with Gasteiger partial charge in [-0.15, -0.1) is 0 Å². The van der Waals surface area contributed by atoms with Gasteiger partial charge in [0.05, 0.1) is 11.6 Å². The Morgan fingerprint density at radius 2 is 1.91 bits per heavy atom. The van der Waals surface area contributed by atoms with Crippen molar-refractivity contribution in [3.8, 4) is 0 Å². The first-order valence-corrected chi connectivity index (χ1v) is 10.6. The number of carboxylic acid groups (broad SMARTS) is 1. The fraction of sp³-hybridized carbons (Fsp3) is 0.217. The molecular weight excluding hydrogens is 458 g/mol. The minimum absolute atomic E-state index is 0.0798. The molecular formula is C23H21N5O7. The number of hydroxylamine groups is 2. The molecule has 1 saturated heterocycles. The number of aromatic nitrogens is 2. The van der Waals surface area contributed by atoms with E-state index >= 15 is 0 Å². The van der Waals surface area contributed by atoms with E-state index < -0.39 is 53.9 Å².